The Bertz CT molecular complexity index is 768. The van der Waals surface area contributed by atoms with E-state index in [0.717, 1.165) is 30.7 Å². The van der Waals surface area contributed by atoms with Gasteiger partial charge in [0.2, 0.25) is 5.89 Å². The first-order valence-corrected chi connectivity index (χ1v) is 8.52. The summed E-state index contributed by atoms with van der Waals surface area (Å²) in [7, 11) is 0. The first kappa shape index (κ1) is 17.4. The predicted molar refractivity (Wildman–Crippen MR) is 90.0 cm³/mol. The van der Waals surface area contributed by atoms with Crippen molar-refractivity contribution in [1.82, 2.24) is 25.2 Å². The van der Waals surface area contributed by atoms with Crippen molar-refractivity contribution < 1.29 is 14.1 Å². The number of ether oxygens (including phenoxy) is 1. The Kier molecular flexibility index (Phi) is 4.30. The molecule has 0 aromatic carbocycles. The van der Waals surface area contributed by atoms with E-state index >= 15 is 0 Å². The number of nitrogens with zero attached hydrogens (tertiary/aromatic N) is 4. The van der Waals surface area contributed by atoms with Crippen LogP contribution >= 0.6 is 0 Å². The van der Waals surface area contributed by atoms with Gasteiger partial charge in [-0.05, 0) is 59.9 Å². The van der Waals surface area contributed by atoms with Gasteiger partial charge in [0.05, 0.1) is 5.69 Å². The number of alkyl carbamates (subject to hydrolysis) is 1. The summed E-state index contributed by atoms with van der Waals surface area (Å²) in [6.45, 7) is 9.84. The summed E-state index contributed by atoms with van der Waals surface area (Å²) in [6, 6.07) is 1.99. The van der Waals surface area contributed by atoms with E-state index in [1.807, 2.05) is 45.4 Å². The van der Waals surface area contributed by atoms with Crippen molar-refractivity contribution in [2.45, 2.75) is 71.6 Å². The first-order chi connectivity index (χ1) is 11.7. The molecule has 0 saturated heterocycles. The maximum Gasteiger partial charge on any atom is 0.408 e. The van der Waals surface area contributed by atoms with Crippen LogP contribution in [0.25, 0.3) is 0 Å². The van der Waals surface area contributed by atoms with Crippen LogP contribution in [0.4, 0.5) is 4.79 Å². The highest BCUT2D eigenvalue weighted by Crippen LogP contribution is 2.40. The number of hydrogen-bond donors (Lipinski definition) is 1. The molecule has 0 atom stereocenters. The summed E-state index contributed by atoms with van der Waals surface area (Å²) < 4.78 is 12.6. The van der Waals surface area contributed by atoms with Crippen LogP contribution < -0.4 is 5.32 Å². The molecule has 0 radical (unpaired) electrons. The van der Waals surface area contributed by atoms with Crippen LogP contribution in [0.15, 0.2) is 10.6 Å². The molecule has 1 aliphatic carbocycles. The first-order valence-electron chi connectivity index (χ1n) is 8.52. The van der Waals surface area contributed by atoms with Gasteiger partial charge in [-0.3, -0.25) is 4.68 Å². The lowest BCUT2D eigenvalue weighted by atomic mass is 9.76. The van der Waals surface area contributed by atoms with Gasteiger partial charge >= 0.3 is 6.09 Å². The third-order valence-electron chi connectivity index (χ3n) is 4.23. The zero-order valence-electron chi connectivity index (χ0n) is 15.4. The van der Waals surface area contributed by atoms with Gasteiger partial charge in [-0.15, -0.1) is 0 Å². The smallest absolute Gasteiger partial charge is 0.408 e. The molecule has 136 valence electrons. The summed E-state index contributed by atoms with van der Waals surface area (Å²) in [4.78, 5) is 16.6. The number of carbonyl (C=O) groups is 1. The van der Waals surface area contributed by atoms with Crippen molar-refractivity contribution >= 4 is 6.09 Å². The van der Waals surface area contributed by atoms with Crippen LogP contribution in [0, 0.1) is 13.8 Å². The normalized spacial score (nSPS) is 16.4. The lowest BCUT2D eigenvalue weighted by Crippen LogP contribution is -2.52. The van der Waals surface area contributed by atoms with Gasteiger partial charge in [-0.2, -0.15) is 10.1 Å². The number of hydrogen-bond acceptors (Lipinski definition) is 6. The van der Waals surface area contributed by atoms with E-state index in [-0.39, 0.29) is 0 Å². The summed E-state index contributed by atoms with van der Waals surface area (Å²) in [5.74, 6) is 0.972. The van der Waals surface area contributed by atoms with Gasteiger partial charge in [0.25, 0.3) is 0 Å². The largest absolute Gasteiger partial charge is 0.444 e. The maximum absolute atomic E-state index is 12.2. The molecule has 0 unspecified atom stereocenters. The highest BCUT2D eigenvalue weighted by atomic mass is 16.6. The van der Waals surface area contributed by atoms with Crippen LogP contribution in [0.5, 0.6) is 0 Å². The SMILES string of the molecule is Cc1cc(C)n(Cc2nc(C3(NC(=O)OC(C)(C)C)CCC3)no2)n1. The number of nitrogens with one attached hydrogen (secondary N) is 1. The molecule has 1 aliphatic rings. The lowest BCUT2D eigenvalue weighted by Gasteiger charge is -2.39. The second-order valence-corrected chi connectivity index (χ2v) is 7.66. The van der Waals surface area contributed by atoms with Gasteiger partial charge < -0.3 is 14.6 Å². The second kappa shape index (κ2) is 6.16. The fourth-order valence-corrected chi connectivity index (χ4v) is 2.91. The Hall–Kier alpha value is -2.38. The molecule has 1 amide bonds. The number of aromatic nitrogens is 4. The highest BCUT2D eigenvalue weighted by Gasteiger charge is 2.45. The van der Waals surface area contributed by atoms with Crippen LogP contribution in [0.2, 0.25) is 0 Å². The Morgan fingerprint density at radius 1 is 1.40 bits per heavy atom. The third-order valence-corrected chi connectivity index (χ3v) is 4.23. The zero-order valence-corrected chi connectivity index (χ0v) is 15.4. The minimum atomic E-state index is -0.598. The molecule has 1 N–H and O–H groups in total. The zero-order chi connectivity index (χ0) is 18.2. The summed E-state index contributed by atoms with van der Waals surface area (Å²) >= 11 is 0. The monoisotopic (exact) mass is 347 g/mol. The molecule has 1 saturated carbocycles. The van der Waals surface area contributed by atoms with Gasteiger partial charge in [0.15, 0.2) is 5.82 Å². The van der Waals surface area contributed by atoms with E-state index in [2.05, 4.69) is 20.6 Å². The Balaban J connectivity index is 1.73. The van der Waals surface area contributed by atoms with E-state index in [9.17, 15) is 4.79 Å². The molecule has 8 heteroatoms. The molecule has 2 aromatic heterocycles. The minimum absolute atomic E-state index is 0.412. The van der Waals surface area contributed by atoms with Crippen LogP contribution in [0.3, 0.4) is 0 Å². The average molecular weight is 347 g/mol. The van der Waals surface area contributed by atoms with Gasteiger partial charge in [0, 0.05) is 5.69 Å². The molecule has 1 fully saturated rings. The van der Waals surface area contributed by atoms with Crippen LogP contribution in [-0.4, -0.2) is 31.6 Å². The van der Waals surface area contributed by atoms with Crippen molar-refractivity contribution in [3.63, 3.8) is 0 Å². The van der Waals surface area contributed by atoms with Crippen molar-refractivity contribution in [2.75, 3.05) is 0 Å². The second-order valence-electron chi connectivity index (χ2n) is 7.66. The van der Waals surface area contributed by atoms with Crippen molar-refractivity contribution in [3.05, 3.63) is 29.2 Å². The van der Waals surface area contributed by atoms with Crippen molar-refractivity contribution in [2.24, 2.45) is 0 Å². The molecular formula is C17H25N5O3. The molecule has 25 heavy (non-hydrogen) atoms. The standard InChI is InChI=1S/C17H25N5O3/c1-11-9-12(2)22(20-11)10-13-18-14(21-25-13)17(7-6-8-17)19-15(23)24-16(3,4)5/h9H,6-8,10H2,1-5H3,(H,19,23). The maximum atomic E-state index is 12.2. The molecule has 3 rings (SSSR count). The van der Waals surface area contributed by atoms with E-state index in [1.54, 1.807) is 0 Å². The van der Waals surface area contributed by atoms with Gasteiger partial charge in [0.1, 0.15) is 17.7 Å². The Morgan fingerprint density at radius 3 is 2.64 bits per heavy atom. The van der Waals surface area contributed by atoms with Crippen LogP contribution in [-0.2, 0) is 16.8 Å². The Morgan fingerprint density at radius 2 is 2.12 bits per heavy atom. The number of aryl methyl sites for hydroxylation is 2. The van der Waals surface area contributed by atoms with Crippen molar-refractivity contribution in [3.8, 4) is 0 Å². The van der Waals surface area contributed by atoms with E-state index in [0.29, 0.717) is 18.3 Å². The molecule has 2 aromatic rings. The average Bonchev–Trinajstić information content (AvgIpc) is 3.00. The van der Waals surface area contributed by atoms with Gasteiger partial charge in [-0.25, -0.2) is 4.79 Å². The predicted octanol–water partition coefficient (Wildman–Crippen LogP) is 2.84. The van der Waals surface area contributed by atoms with E-state index < -0.39 is 17.2 Å². The molecule has 2 heterocycles. The third kappa shape index (κ3) is 3.83. The number of amides is 1. The highest BCUT2D eigenvalue weighted by molar-refractivity contribution is 5.69. The minimum Gasteiger partial charge on any atom is -0.444 e. The molecule has 8 nitrogen and oxygen atoms in total. The fourth-order valence-electron chi connectivity index (χ4n) is 2.91. The molecular weight excluding hydrogens is 322 g/mol. The molecule has 0 aliphatic heterocycles. The quantitative estimate of drug-likeness (QED) is 0.914. The van der Waals surface area contributed by atoms with Crippen LogP contribution in [0.1, 0.15) is 63.1 Å². The fraction of sp³-hybridized carbons (Fsp3) is 0.647. The molecule has 0 bridgehead atoms. The van der Waals surface area contributed by atoms with Gasteiger partial charge in [-0.1, -0.05) is 5.16 Å². The number of rotatable bonds is 4. The van der Waals surface area contributed by atoms with E-state index in [1.165, 1.54) is 0 Å². The van der Waals surface area contributed by atoms with Crippen molar-refractivity contribution in [1.29, 1.82) is 0 Å². The lowest BCUT2D eigenvalue weighted by molar-refractivity contribution is 0.0362. The summed E-state index contributed by atoms with van der Waals surface area (Å²) in [5, 5.41) is 11.4. The number of carbonyl (C=O) groups excluding carboxylic acids is 1. The van der Waals surface area contributed by atoms with E-state index in [4.69, 9.17) is 9.26 Å². The topological polar surface area (TPSA) is 95.1 Å². The Labute approximate surface area is 146 Å². The summed E-state index contributed by atoms with van der Waals surface area (Å²) in [5.41, 5.74) is 0.827. The molecule has 0 spiro atoms. The summed E-state index contributed by atoms with van der Waals surface area (Å²) in [6.07, 6.45) is 2.07.